The average molecular weight is 482 g/mol. The molecule has 3 heterocycles. The number of amides is 1. The smallest absolute Gasteiger partial charge is 0.372 e. The van der Waals surface area contributed by atoms with E-state index in [1.54, 1.807) is 12.3 Å². The zero-order chi connectivity index (χ0) is 24.8. The monoisotopic (exact) mass is 481 g/mol. The Morgan fingerprint density at radius 2 is 1.89 bits per heavy atom. The number of benzene rings is 1. The van der Waals surface area contributed by atoms with Gasteiger partial charge in [0.1, 0.15) is 5.82 Å². The highest BCUT2D eigenvalue weighted by atomic mass is 19.4. The number of anilines is 2. The molecule has 0 unspecified atom stereocenters. The Hall–Kier alpha value is -3.56. The van der Waals surface area contributed by atoms with Gasteiger partial charge in [0, 0.05) is 42.4 Å². The van der Waals surface area contributed by atoms with Crippen LogP contribution in [0.5, 0.6) is 0 Å². The van der Waals surface area contributed by atoms with E-state index >= 15 is 0 Å². The minimum atomic E-state index is -4.59. The zero-order valence-electron chi connectivity index (χ0n) is 19.2. The number of nitrogens with zero attached hydrogens (tertiary/aromatic N) is 3. The molecule has 2 saturated heterocycles. The van der Waals surface area contributed by atoms with Crippen LogP contribution in [0.4, 0.5) is 30.4 Å². The molecule has 0 radical (unpaired) electrons. The topological polar surface area (TPSA) is 61.6 Å². The maximum absolute atomic E-state index is 13.3. The molecule has 0 spiro atoms. The summed E-state index contributed by atoms with van der Waals surface area (Å²) >= 11 is 0. The lowest BCUT2D eigenvalue weighted by atomic mass is 9.95. The summed E-state index contributed by atoms with van der Waals surface area (Å²) in [4.78, 5) is 21.8. The number of carbonyl (C=O) groups excluding carboxylic acids is 1. The van der Waals surface area contributed by atoms with Gasteiger partial charge in [0.15, 0.2) is 5.69 Å². The predicted octanol–water partition coefficient (Wildman–Crippen LogP) is 4.86. The number of alkyl halides is 3. The number of hydrogen-bond donors (Lipinski definition) is 2. The second-order valence-corrected chi connectivity index (χ2v) is 8.79. The van der Waals surface area contributed by atoms with Gasteiger partial charge in [-0.2, -0.15) is 13.2 Å². The highest BCUT2D eigenvalue weighted by Gasteiger charge is 2.34. The van der Waals surface area contributed by atoms with Gasteiger partial charge in [0.05, 0.1) is 12.1 Å². The molecule has 6 nitrogen and oxygen atoms in total. The van der Waals surface area contributed by atoms with E-state index in [9.17, 15) is 18.0 Å². The third kappa shape index (κ3) is 6.32. The van der Waals surface area contributed by atoms with E-state index in [1.165, 1.54) is 12.1 Å². The van der Waals surface area contributed by atoms with E-state index in [0.717, 1.165) is 37.6 Å². The van der Waals surface area contributed by atoms with Gasteiger partial charge >= 0.3 is 6.18 Å². The number of rotatable bonds is 3. The van der Waals surface area contributed by atoms with Crippen molar-refractivity contribution in [2.24, 2.45) is 11.8 Å². The molecule has 1 aromatic carbocycles. The van der Waals surface area contributed by atoms with Crippen molar-refractivity contribution in [3.05, 3.63) is 59.1 Å². The summed E-state index contributed by atoms with van der Waals surface area (Å²) in [6.45, 7) is 9.85. The Bertz CT molecular complexity index is 1150. The minimum Gasteiger partial charge on any atom is -0.372 e. The largest absolute Gasteiger partial charge is 0.407 e. The van der Waals surface area contributed by atoms with Crippen LogP contribution in [0.1, 0.15) is 36.8 Å². The molecule has 2 aliphatic rings. The summed E-state index contributed by atoms with van der Waals surface area (Å²) in [5, 5.41) is 6.15. The molecule has 9 heteroatoms. The molecule has 1 amide bonds. The molecule has 2 fully saturated rings. The van der Waals surface area contributed by atoms with Crippen LogP contribution in [0, 0.1) is 30.2 Å². The molecule has 0 aliphatic carbocycles. The third-order valence-corrected chi connectivity index (χ3v) is 6.41. The molecule has 1 aromatic heterocycles. The van der Waals surface area contributed by atoms with Gasteiger partial charge in [-0.05, 0) is 63.0 Å². The SMILES string of the molecule is [C-]#[N+]c1ccc(N2CCC(C(=O)Nc3ccc(C#CC4CCNCC4)cn3)CC2)cc1C(F)(F)F. The molecule has 0 saturated carbocycles. The van der Waals surface area contributed by atoms with Crippen molar-refractivity contribution in [2.75, 3.05) is 36.4 Å². The van der Waals surface area contributed by atoms with Crippen LogP contribution in [0.25, 0.3) is 4.85 Å². The van der Waals surface area contributed by atoms with Gasteiger partial charge in [-0.1, -0.05) is 17.9 Å². The maximum Gasteiger partial charge on any atom is 0.407 e. The van der Waals surface area contributed by atoms with Crippen LogP contribution in [0.15, 0.2) is 36.5 Å². The first-order valence-electron chi connectivity index (χ1n) is 11.7. The summed E-state index contributed by atoms with van der Waals surface area (Å²) in [6, 6.07) is 7.33. The Kier molecular flexibility index (Phi) is 7.57. The summed E-state index contributed by atoms with van der Waals surface area (Å²) in [5.41, 5.74) is -0.130. The Morgan fingerprint density at radius 3 is 2.51 bits per heavy atom. The fraction of sp³-hybridized carbons (Fsp3) is 0.423. The molecular formula is C26H26F3N5O. The Balaban J connectivity index is 1.31. The molecule has 182 valence electrons. The van der Waals surface area contributed by atoms with Crippen molar-refractivity contribution < 1.29 is 18.0 Å². The van der Waals surface area contributed by atoms with Crippen molar-refractivity contribution in [3.8, 4) is 11.8 Å². The molecule has 0 bridgehead atoms. The van der Waals surface area contributed by atoms with Crippen molar-refractivity contribution >= 4 is 23.1 Å². The van der Waals surface area contributed by atoms with Crippen molar-refractivity contribution in [3.63, 3.8) is 0 Å². The van der Waals surface area contributed by atoms with Gasteiger partial charge in [0.2, 0.25) is 5.91 Å². The maximum atomic E-state index is 13.3. The van der Waals surface area contributed by atoms with E-state index in [-0.39, 0.29) is 11.8 Å². The first-order chi connectivity index (χ1) is 16.8. The van der Waals surface area contributed by atoms with Crippen LogP contribution >= 0.6 is 0 Å². The van der Waals surface area contributed by atoms with Crippen molar-refractivity contribution in [1.82, 2.24) is 10.3 Å². The summed E-state index contributed by atoms with van der Waals surface area (Å²) < 4.78 is 39.8. The predicted molar refractivity (Wildman–Crippen MR) is 128 cm³/mol. The van der Waals surface area contributed by atoms with Crippen LogP contribution < -0.4 is 15.5 Å². The highest BCUT2D eigenvalue weighted by Crippen LogP contribution is 2.39. The minimum absolute atomic E-state index is 0.148. The van der Waals surface area contributed by atoms with Crippen LogP contribution in [0.2, 0.25) is 0 Å². The Labute approximate surface area is 202 Å². The summed E-state index contributed by atoms with van der Waals surface area (Å²) in [5.74, 6) is 6.89. The number of hydrogen-bond acceptors (Lipinski definition) is 4. The molecule has 35 heavy (non-hydrogen) atoms. The summed E-state index contributed by atoms with van der Waals surface area (Å²) in [6.07, 6.45) is 0.175. The number of aromatic nitrogens is 1. The molecule has 2 aliphatic heterocycles. The first kappa shape index (κ1) is 24.6. The second kappa shape index (κ2) is 10.8. The molecule has 0 atom stereocenters. The van der Waals surface area contributed by atoms with Crippen LogP contribution in [-0.2, 0) is 11.0 Å². The van der Waals surface area contributed by atoms with Crippen molar-refractivity contribution in [2.45, 2.75) is 31.9 Å². The van der Waals surface area contributed by atoms with Crippen molar-refractivity contribution in [1.29, 1.82) is 0 Å². The fourth-order valence-corrected chi connectivity index (χ4v) is 4.37. The van der Waals surface area contributed by atoms with Gasteiger partial charge in [-0.25, -0.2) is 9.83 Å². The fourth-order valence-electron chi connectivity index (χ4n) is 4.37. The van der Waals surface area contributed by atoms with Gasteiger partial charge < -0.3 is 15.5 Å². The lowest BCUT2D eigenvalue weighted by molar-refractivity contribution is -0.136. The Morgan fingerprint density at radius 1 is 1.14 bits per heavy atom. The van der Waals surface area contributed by atoms with Gasteiger partial charge in [-0.3, -0.25) is 4.79 Å². The normalized spacial score (nSPS) is 17.3. The van der Waals surface area contributed by atoms with E-state index in [4.69, 9.17) is 6.57 Å². The number of pyridine rings is 1. The standard InChI is InChI=1S/C26H26F3N5O/c1-30-23-6-5-21(16-22(23)26(27,28)29)34-14-10-20(11-15-34)25(35)33-24-7-4-19(17-32-24)3-2-18-8-12-31-13-9-18/h4-7,16-18,20,31H,8-15H2,(H,32,33,35). The van der Waals surface area contributed by atoms with E-state index < -0.39 is 17.4 Å². The number of halogens is 3. The van der Waals surface area contributed by atoms with E-state index in [0.29, 0.717) is 43.4 Å². The van der Waals surface area contributed by atoms with E-state index in [2.05, 4.69) is 32.3 Å². The summed E-state index contributed by atoms with van der Waals surface area (Å²) in [7, 11) is 0. The molecule has 2 N–H and O–H groups in total. The highest BCUT2D eigenvalue weighted by molar-refractivity contribution is 5.91. The molecular weight excluding hydrogens is 455 g/mol. The lowest BCUT2D eigenvalue weighted by Crippen LogP contribution is -2.38. The number of carbonyl (C=O) groups is 1. The van der Waals surface area contributed by atoms with Gasteiger partial charge in [-0.15, -0.1) is 0 Å². The van der Waals surface area contributed by atoms with E-state index in [1.807, 2.05) is 11.0 Å². The van der Waals surface area contributed by atoms with Crippen LogP contribution in [0.3, 0.4) is 0 Å². The number of nitrogens with one attached hydrogen (secondary N) is 2. The average Bonchev–Trinajstić information content (AvgIpc) is 2.88. The third-order valence-electron chi connectivity index (χ3n) is 6.41. The van der Waals surface area contributed by atoms with Gasteiger partial charge in [0.25, 0.3) is 0 Å². The number of piperidine rings is 2. The molecule has 4 rings (SSSR count). The quantitative estimate of drug-likeness (QED) is 0.486. The molecule has 2 aromatic rings. The van der Waals surface area contributed by atoms with Crippen LogP contribution in [-0.4, -0.2) is 37.1 Å². The zero-order valence-corrected chi connectivity index (χ0v) is 19.2. The lowest BCUT2D eigenvalue weighted by Gasteiger charge is -2.33. The second-order valence-electron chi connectivity index (χ2n) is 8.79. The first-order valence-corrected chi connectivity index (χ1v) is 11.7.